The minimum atomic E-state index is -0.511. The molecule has 0 spiro atoms. The summed E-state index contributed by atoms with van der Waals surface area (Å²) in [5.74, 6) is 0.158. The summed E-state index contributed by atoms with van der Waals surface area (Å²) in [4.78, 5) is 23.7. The number of nitrogens with zero attached hydrogens (tertiary/aromatic N) is 3. The van der Waals surface area contributed by atoms with Crippen LogP contribution in [0, 0.1) is 6.92 Å². The van der Waals surface area contributed by atoms with Crippen molar-refractivity contribution in [2.75, 3.05) is 11.1 Å². The molecule has 0 bridgehead atoms. The zero-order chi connectivity index (χ0) is 22.5. The topological polar surface area (TPSA) is 103 Å². The summed E-state index contributed by atoms with van der Waals surface area (Å²) < 4.78 is 1.95. The van der Waals surface area contributed by atoms with Gasteiger partial charge in [-0.25, -0.2) is 0 Å². The molecule has 3 N–H and O–H groups in total. The van der Waals surface area contributed by atoms with E-state index in [9.17, 15) is 9.59 Å². The third-order valence-electron chi connectivity index (χ3n) is 4.71. The number of anilines is 1. The van der Waals surface area contributed by atoms with Gasteiger partial charge in [0.25, 0.3) is 0 Å². The van der Waals surface area contributed by atoms with Crippen LogP contribution in [0.4, 0.5) is 5.69 Å². The van der Waals surface area contributed by atoms with Crippen molar-refractivity contribution in [2.24, 2.45) is 5.73 Å². The first-order valence-corrected chi connectivity index (χ1v) is 10.9. The fraction of sp³-hybridized carbons (Fsp3) is 0.0833. The number of aromatic nitrogens is 3. The quantitative estimate of drug-likeness (QED) is 0.419. The molecule has 0 fully saturated rings. The van der Waals surface area contributed by atoms with Crippen molar-refractivity contribution >= 4 is 29.3 Å². The molecule has 4 aromatic rings. The normalized spacial score (nSPS) is 10.7. The molecular weight excluding hydrogens is 422 g/mol. The molecule has 3 aromatic carbocycles. The Morgan fingerprint density at radius 2 is 1.72 bits per heavy atom. The number of nitrogens with two attached hydrogens (primary N) is 1. The van der Waals surface area contributed by atoms with E-state index in [0.717, 1.165) is 16.8 Å². The van der Waals surface area contributed by atoms with Crippen molar-refractivity contribution in [3.8, 4) is 17.1 Å². The molecule has 0 radical (unpaired) electrons. The van der Waals surface area contributed by atoms with Gasteiger partial charge in [0.05, 0.1) is 5.75 Å². The van der Waals surface area contributed by atoms with Crippen LogP contribution in [0.15, 0.2) is 84.0 Å². The molecule has 8 heteroatoms. The van der Waals surface area contributed by atoms with Crippen LogP contribution in [0.3, 0.4) is 0 Å². The zero-order valence-corrected chi connectivity index (χ0v) is 18.2. The second-order valence-electron chi connectivity index (χ2n) is 7.13. The third-order valence-corrected chi connectivity index (χ3v) is 5.64. The third kappa shape index (κ3) is 4.87. The van der Waals surface area contributed by atoms with Gasteiger partial charge in [0.15, 0.2) is 11.0 Å². The van der Waals surface area contributed by atoms with Crippen molar-refractivity contribution < 1.29 is 9.59 Å². The first-order chi connectivity index (χ1) is 15.5. The standard InChI is InChI=1S/C24H21N5O2S/c1-16-6-5-7-18(14-16)23-27-28-24(29(23)20-8-3-2-4-9-20)32-15-21(30)26-19-12-10-17(11-13-19)22(25)31/h2-14H,15H2,1H3,(H2,25,31)(H,26,30). The molecule has 32 heavy (non-hydrogen) atoms. The van der Waals surface area contributed by atoms with E-state index in [1.165, 1.54) is 11.8 Å². The maximum Gasteiger partial charge on any atom is 0.248 e. The van der Waals surface area contributed by atoms with Crippen LogP contribution in [-0.2, 0) is 4.79 Å². The van der Waals surface area contributed by atoms with Crippen LogP contribution in [0.5, 0.6) is 0 Å². The Morgan fingerprint density at radius 1 is 0.969 bits per heavy atom. The molecule has 0 aliphatic rings. The van der Waals surface area contributed by atoms with Crippen LogP contribution >= 0.6 is 11.8 Å². The molecule has 7 nitrogen and oxygen atoms in total. The molecule has 0 saturated heterocycles. The molecule has 0 aliphatic heterocycles. The highest BCUT2D eigenvalue weighted by molar-refractivity contribution is 7.99. The average molecular weight is 444 g/mol. The van der Waals surface area contributed by atoms with E-state index in [2.05, 4.69) is 21.6 Å². The van der Waals surface area contributed by atoms with Crippen molar-refractivity contribution in [1.29, 1.82) is 0 Å². The number of carbonyl (C=O) groups excluding carboxylic acids is 2. The van der Waals surface area contributed by atoms with Crippen LogP contribution < -0.4 is 11.1 Å². The first-order valence-electron chi connectivity index (χ1n) is 9.91. The first kappa shape index (κ1) is 21.3. The lowest BCUT2D eigenvalue weighted by molar-refractivity contribution is -0.113. The summed E-state index contributed by atoms with van der Waals surface area (Å²) in [7, 11) is 0. The lowest BCUT2D eigenvalue weighted by Crippen LogP contribution is -2.15. The molecule has 0 saturated carbocycles. The summed E-state index contributed by atoms with van der Waals surface area (Å²) >= 11 is 1.30. The second-order valence-corrected chi connectivity index (χ2v) is 8.07. The maximum absolute atomic E-state index is 12.5. The largest absolute Gasteiger partial charge is 0.366 e. The Morgan fingerprint density at radius 3 is 2.41 bits per heavy atom. The number of nitrogens with one attached hydrogen (secondary N) is 1. The van der Waals surface area contributed by atoms with E-state index in [4.69, 9.17) is 5.73 Å². The van der Waals surface area contributed by atoms with Gasteiger partial charge in [-0.15, -0.1) is 10.2 Å². The van der Waals surface area contributed by atoms with Gasteiger partial charge in [-0.05, 0) is 49.4 Å². The van der Waals surface area contributed by atoms with Gasteiger partial charge in [-0.2, -0.15) is 0 Å². The predicted molar refractivity (Wildman–Crippen MR) is 126 cm³/mol. The molecule has 160 valence electrons. The average Bonchev–Trinajstić information content (AvgIpc) is 3.23. The molecule has 4 rings (SSSR count). The lowest BCUT2D eigenvalue weighted by Gasteiger charge is -2.11. The summed E-state index contributed by atoms with van der Waals surface area (Å²) in [6, 6.07) is 24.3. The molecule has 0 unspecified atom stereocenters. The van der Waals surface area contributed by atoms with Crippen LogP contribution in [0.1, 0.15) is 15.9 Å². The van der Waals surface area contributed by atoms with E-state index >= 15 is 0 Å². The number of thioether (sulfide) groups is 1. The molecular formula is C24H21N5O2S. The zero-order valence-electron chi connectivity index (χ0n) is 17.4. The Labute approximate surface area is 189 Å². The number of para-hydroxylation sites is 1. The van der Waals surface area contributed by atoms with Crippen LogP contribution in [0.2, 0.25) is 0 Å². The smallest absolute Gasteiger partial charge is 0.248 e. The molecule has 0 atom stereocenters. The number of amides is 2. The summed E-state index contributed by atoms with van der Waals surface area (Å²) in [6.07, 6.45) is 0. The SMILES string of the molecule is Cc1cccc(-c2nnc(SCC(=O)Nc3ccc(C(N)=O)cc3)n2-c2ccccc2)c1. The Bertz CT molecular complexity index is 1250. The van der Waals surface area contributed by atoms with Gasteiger partial charge in [-0.1, -0.05) is 53.7 Å². The van der Waals surface area contributed by atoms with Gasteiger partial charge >= 0.3 is 0 Å². The van der Waals surface area contributed by atoms with Crippen LogP contribution in [0.25, 0.3) is 17.1 Å². The molecule has 1 heterocycles. The fourth-order valence-corrected chi connectivity index (χ4v) is 3.94. The minimum absolute atomic E-state index is 0.149. The van der Waals surface area contributed by atoms with Crippen molar-refractivity contribution in [3.05, 3.63) is 90.0 Å². The van der Waals surface area contributed by atoms with E-state index < -0.39 is 5.91 Å². The Hall–Kier alpha value is -3.91. The summed E-state index contributed by atoms with van der Waals surface area (Å²) in [6.45, 7) is 2.03. The highest BCUT2D eigenvalue weighted by atomic mass is 32.2. The predicted octanol–water partition coefficient (Wildman–Crippen LogP) is 4.07. The highest BCUT2D eigenvalue weighted by Crippen LogP contribution is 2.28. The Kier molecular flexibility index (Phi) is 6.32. The van der Waals surface area contributed by atoms with E-state index in [0.29, 0.717) is 22.2 Å². The van der Waals surface area contributed by atoms with E-state index in [1.54, 1.807) is 24.3 Å². The maximum atomic E-state index is 12.5. The number of carbonyl (C=O) groups is 2. The Balaban J connectivity index is 1.54. The number of benzene rings is 3. The summed E-state index contributed by atoms with van der Waals surface area (Å²) in [5, 5.41) is 12.2. The van der Waals surface area contributed by atoms with Crippen molar-refractivity contribution in [1.82, 2.24) is 14.8 Å². The van der Waals surface area contributed by atoms with Gasteiger partial charge < -0.3 is 11.1 Å². The van der Waals surface area contributed by atoms with Crippen molar-refractivity contribution in [3.63, 3.8) is 0 Å². The minimum Gasteiger partial charge on any atom is -0.366 e. The van der Waals surface area contributed by atoms with Gasteiger partial charge in [0.2, 0.25) is 11.8 Å². The number of rotatable bonds is 7. The number of aryl methyl sites for hydroxylation is 1. The van der Waals surface area contributed by atoms with Crippen molar-refractivity contribution in [2.45, 2.75) is 12.1 Å². The monoisotopic (exact) mass is 443 g/mol. The summed E-state index contributed by atoms with van der Waals surface area (Å²) in [5.41, 5.74) is 9.21. The van der Waals surface area contributed by atoms with E-state index in [1.807, 2.05) is 60.0 Å². The number of hydrogen-bond acceptors (Lipinski definition) is 5. The molecule has 2 amide bonds. The lowest BCUT2D eigenvalue weighted by atomic mass is 10.1. The van der Waals surface area contributed by atoms with Crippen LogP contribution in [-0.4, -0.2) is 32.3 Å². The molecule has 0 aliphatic carbocycles. The van der Waals surface area contributed by atoms with Gasteiger partial charge in [-0.3, -0.25) is 14.2 Å². The number of primary amides is 1. The van der Waals surface area contributed by atoms with Gasteiger partial charge in [0, 0.05) is 22.5 Å². The molecule has 1 aromatic heterocycles. The highest BCUT2D eigenvalue weighted by Gasteiger charge is 2.17. The fourth-order valence-electron chi connectivity index (χ4n) is 3.19. The second kappa shape index (κ2) is 9.49. The number of hydrogen-bond donors (Lipinski definition) is 2. The van der Waals surface area contributed by atoms with E-state index in [-0.39, 0.29) is 11.7 Å². The van der Waals surface area contributed by atoms with Gasteiger partial charge in [0.1, 0.15) is 0 Å².